The molecule has 2 N–H and O–H groups in total. The third kappa shape index (κ3) is 1.98. The molecule has 0 unspecified atom stereocenters. The number of rotatable bonds is 2. The molecule has 1 aromatic rings. The molecule has 0 aromatic heterocycles. The predicted octanol–water partition coefficient (Wildman–Crippen LogP) is 1.87. The highest BCUT2D eigenvalue weighted by Crippen LogP contribution is 2.49. The number of amides is 1. The number of carbonyl (C=O) groups excluding carboxylic acids is 1. The van der Waals surface area contributed by atoms with Crippen LogP contribution in [-0.2, 0) is 4.79 Å². The molecule has 0 spiro atoms. The Labute approximate surface area is 117 Å². The van der Waals surface area contributed by atoms with Crippen molar-refractivity contribution < 1.29 is 9.53 Å². The van der Waals surface area contributed by atoms with Gasteiger partial charge in [-0.15, -0.1) is 0 Å². The van der Waals surface area contributed by atoms with Crippen molar-refractivity contribution in [2.24, 2.45) is 11.1 Å². The number of nitrogens with zero attached hydrogens (tertiary/aromatic N) is 1. The van der Waals surface area contributed by atoms with Crippen LogP contribution in [0.4, 0.5) is 5.69 Å². The SMILES string of the molecule is NC(=S)C1(C(=O)N2CCCOc3ccccc32)CC1. The molecule has 1 amide bonds. The summed E-state index contributed by atoms with van der Waals surface area (Å²) < 4.78 is 5.66. The predicted molar refractivity (Wildman–Crippen MR) is 77.4 cm³/mol. The highest BCUT2D eigenvalue weighted by atomic mass is 32.1. The minimum Gasteiger partial charge on any atom is -0.491 e. The van der Waals surface area contributed by atoms with Crippen LogP contribution in [0.2, 0.25) is 0 Å². The van der Waals surface area contributed by atoms with Crippen molar-refractivity contribution in [2.75, 3.05) is 18.1 Å². The first-order valence-corrected chi connectivity index (χ1v) is 6.90. The Kier molecular flexibility index (Phi) is 2.93. The molecule has 1 fully saturated rings. The lowest BCUT2D eigenvalue weighted by Crippen LogP contribution is -2.43. The van der Waals surface area contributed by atoms with Gasteiger partial charge in [-0.05, 0) is 31.4 Å². The quantitative estimate of drug-likeness (QED) is 0.838. The van der Waals surface area contributed by atoms with E-state index in [2.05, 4.69) is 0 Å². The number of hydrogen-bond donors (Lipinski definition) is 1. The van der Waals surface area contributed by atoms with Crippen LogP contribution in [0.1, 0.15) is 19.3 Å². The molecule has 1 aliphatic carbocycles. The van der Waals surface area contributed by atoms with E-state index in [4.69, 9.17) is 22.7 Å². The highest BCUT2D eigenvalue weighted by molar-refractivity contribution is 7.80. The van der Waals surface area contributed by atoms with Gasteiger partial charge in [-0.1, -0.05) is 24.4 Å². The first kappa shape index (κ1) is 12.4. The molecular formula is C14H16N2O2S. The van der Waals surface area contributed by atoms with Crippen molar-refractivity contribution in [3.8, 4) is 5.75 Å². The first-order chi connectivity index (χ1) is 9.15. The molecule has 19 heavy (non-hydrogen) atoms. The zero-order chi connectivity index (χ0) is 13.5. The molecule has 1 aromatic carbocycles. The third-order valence-electron chi connectivity index (χ3n) is 3.82. The Bertz CT molecular complexity index is 540. The summed E-state index contributed by atoms with van der Waals surface area (Å²) in [6.07, 6.45) is 2.34. The molecule has 1 saturated carbocycles. The van der Waals surface area contributed by atoms with Gasteiger partial charge < -0.3 is 15.4 Å². The normalized spacial score (nSPS) is 19.9. The second-order valence-electron chi connectivity index (χ2n) is 5.07. The third-order valence-corrected chi connectivity index (χ3v) is 4.21. The number of fused-ring (bicyclic) bond motifs is 1. The van der Waals surface area contributed by atoms with Crippen molar-refractivity contribution in [1.82, 2.24) is 0 Å². The Morgan fingerprint density at radius 1 is 1.37 bits per heavy atom. The van der Waals surface area contributed by atoms with E-state index >= 15 is 0 Å². The fourth-order valence-electron chi connectivity index (χ4n) is 2.49. The largest absolute Gasteiger partial charge is 0.491 e. The molecule has 100 valence electrons. The molecule has 0 saturated heterocycles. The van der Waals surface area contributed by atoms with E-state index in [1.54, 1.807) is 4.90 Å². The van der Waals surface area contributed by atoms with E-state index in [0.717, 1.165) is 30.7 Å². The van der Waals surface area contributed by atoms with Crippen molar-refractivity contribution in [3.05, 3.63) is 24.3 Å². The van der Waals surface area contributed by atoms with E-state index < -0.39 is 5.41 Å². The van der Waals surface area contributed by atoms with Gasteiger partial charge in [0.15, 0.2) is 0 Å². The lowest BCUT2D eigenvalue weighted by Gasteiger charge is -2.26. The van der Waals surface area contributed by atoms with Crippen LogP contribution >= 0.6 is 12.2 Å². The topological polar surface area (TPSA) is 55.6 Å². The van der Waals surface area contributed by atoms with E-state index in [0.29, 0.717) is 18.1 Å². The summed E-state index contributed by atoms with van der Waals surface area (Å²) in [5.74, 6) is 0.782. The van der Waals surface area contributed by atoms with Gasteiger partial charge in [-0.25, -0.2) is 0 Å². The van der Waals surface area contributed by atoms with Crippen LogP contribution in [0.25, 0.3) is 0 Å². The maximum atomic E-state index is 12.7. The molecule has 3 rings (SSSR count). The molecule has 1 heterocycles. The zero-order valence-corrected chi connectivity index (χ0v) is 11.4. The minimum atomic E-state index is -0.604. The van der Waals surface area contributed by atoms with Crippen molar-refractivity contribution >= 4 is 28.8 Å². The van der Waals surface area contributed by atoms with Gasteiger partial charge in [0.1, 0.15) is 5.75 Å². The molecule has 0 atom stereocenters. The summed E-state index contributed by atoms with van der Waals surface area (Å²) in [4.78, 5) is 14.8. The molecule has 4 nitrogen and oxygen atoms in total. The number of thiocarbonyl (C=S) groups is 1. The van der Waals surface area contributed by atoms with Gasteiger partial charge in [0, 0.05) is 6.54 Å². The second kappa shape index (κ2) is 4.49. The smallest absolute Gasteiger partial charge is 0.240 e. The van der Waals surface area contributed by atoms with Gasteiger partial charge in [0.05, 0.1) is 22.7 Å². The number of hydrogen-bond acceptors (Lipinski definition) is 3. The van der Waals surface area contributed by atoms with Crippen LogP contribution in [0.5, 0.6) is 5.75 Å². The summed E-state index contributed by atoms with van der Waals surface area (Å²) in [6, 6.07) is 7.62. The Morgan fingerprint density at radius 3 is 2.79 bits per heavy atom. The number of benzene rings is 1. The summed E-state index contributed by atoms with van der Waals surface area (Å²) in [5, 5.41) is 0. The number of para-hydroxylation sites is 2. The van der Waals surface area contributed by atoms with Gasteiger partial charge in [0.25, 0.3) is 0 Å². The van der Waals surface area contributed by atoms with E-state index in [1.165, 1.54) is 0 Å². The lowest BCUT2D eigenvalue weighted by atomic mass is 10.0. The second-order valence-corrected chi connectivity index (χ2v) is 5.51. The van der Waals surface area contributed by atoms with Crippen molar-refractivity contribution in [2.45, 2.75) is 19.3 Å². The molecule has 0 bridgehead atoms. The molecule has 5 heteroatoms. The maximum absolute atomic E-state index is 12.7. The van der Waals surface area contributed by atoms with E-state index in [9.17, 15) is 4.79 Å². The average molecular weight is 276 g/mol. The van der Waals surface area contributed by atoms with Crippen LogP contribution in [0, 0.1) is 5.41 Å². The van der Waals surface area contributed by atoms with E-state index in [1.807, 2.05) is 24.3 Å². The Morgan fingerprint density at radius 2 is 2.11 bits per heavy atom. The van der Waals surface area contributed by atoms with Gasteiger partial charge in [-0.2, -0.15) is 0 Å². The number of nitrogens with two attached hydrogens (primary N) is 1. The molecule has 1 aliphatic heterocycles. The fourth-order valence-corrected chi connectivity index (χ4v) is 2.78. The monoisotopic (exact) mass is 276 g/mol. The van der Waals surface area contributed by atoms with Gasteiger partial charge in [0.2, 0.25) is 5.91 Å². The summed E-state index contributed by atoms with van der Waals surface area (Å²) in [6.45, 7) is 1.28. The maximum Gasteiger partial charge on any atom is 0.240 e. The molecule has 0 radical (unpaired) electrons. The average Bonchev–Trinajstić information content (AvgIpc) is 3.22. The Balaban J connectivity index is 1.97. The minimum absolute atomic E-state index is 0.0259. The van der Waals surface area contributed by atoms with Gasteiger partial charge in [-0.3, -0.25) is 4.79 Å². The number of carbonyl (C=O) groups is 1. The molecular weight excluding hydrogens is 260 g/mol. The van der Waals surface area contributed by atoms with Crippen molar-refractivity contribution in [3.63, 3.8) is 0 Å². The molecule has 2 aliphatic rings. The van der Waals surface area contributed by atoms with Crippen LogP contribution in [-0.4, -0.2) is 24.0 Å². The lowest BCUT2D eigenvalue weighted by molar-refractivity contribution is -0.121. The first-order valence-electron chi connectivity index (χ1n) is 6.49. The van der Waals surface area contributed by atoms with Crippen LogP contribution in [0.3, 0.4) is 0 Å². The van der Waals surface area contributed by atoms with Crippen LogP contribution < -0.4 is 15.4 Å². The summed E-state index contributed by atoms with van der Waals surface area (Å²) in [5.41, 5.74) is 5.97. The van der Waals surface area contributed by atoms with Crippen molar-refractivity contribution in [1.29, 1.82) is 0 Å². The summed E-state index contributed by atoms with van der Waals surface area (Å²) in [7, 11) is 0. The fraction of sp³-hybridized carbons (Fsp3) is 0.429. The number of ether oxygens (including phenoxy) is 1. The zero-order valence-electron chi connectivity index (χ0n) is 10.6. The van der Waals surface area contributed by atoms with E-state index in [-0.39, 0.29) is 5.91 Å². The van der Waals surface area contributed by atoms with Gasteiger partial charge >= 0.3 is 0 Å². The highest BCUT2D eigenvalue weighted by Gasteiger charge is 2.54. The van der Waals surface area contributed by atoms with Crippen LogP contribution in [0.15, 0.2) is 24.3 Å². The standard InChI is InChI=1S/C14H16N2O2S/c15-12(19)14(6-7-14)13(17)16-8-3-9-18-11-5-2-1-4-10(11)16/h1-2,4-5H,3,6-9H2,(H2,15,19). The Hall–Kier alpha value is -1.62. The number of anilines is 1. The summed E-state index contributed by atoms with van der Waals surface area (Å²) >= 11 is 5.07.